The maximum Gasteiger partial charge on any atom is 0.332 e. The maximum atomic E-state index is 13.2. The van der Waals surface area contributed by atoms with Crippen molar-refractivity contribution in [1.29, 1.82) is 0 Å². The molecule has 2 aromatic carbocycles. The summed E-state index contributed by atoms with van der Waals surface area (Å²) in [7, 11) is -3.67. The number of nitrogens with one attached hydrogen (secondary N) is 1. The lowest BCUT2D eigenvalue weighted by Crippen LogP contribution is -2.22. The minimum Gasteiger partial charge on any atom is -0.494 e. The number of nitrogens with zero attached hydrogens (tertiary/aromatic N) is 4. The fraction of sp³-hybridized carbons (Fsp3) is 0.316. The highest BCUT2D eigenvalue weighted by molar-refractivity contribution is 7.86. The Morgan fingerprint density at radius 3 is 2.31 bits per heavy atom. The standard InChI is InChI=1S/C19H22FN5O6S/c1-5-24(6-2)18-10-15(21-12(3)26)16(11-19(18)31-4)23-22-14-8-7-13(32(20,29)30)9-17(14)25(27)28/h7-11H,5-6H2,1-4H3,(H,21,26). The van der Waals surface area contributed by atoms with Crippen LogP contribution in [0.3, 0.4) is 0 Å². The van der Waals surface area contributed by atoms with Crippen LogP contribution in [0.5, 0.6) is 5.75 Å². The molecule has 2 rings (SSSR count). The van der Waals surface area contributed by atoms with Crippen molar-refractivity contribution in [2.75, 3.05) is 30.4 Å². The average Bonchev–Trinajstić information content (AvgIpc) is 2.72. The lowest BCUT2D eigenvalue weighted by atomic mass is 10.2. The van der Waals surface area contributed by atoms with Crippen LogP contribution in [0.4, 0.5) is 32.3 Å². The van der Waals surface area contributed by atoms with Gasteiger partial charge in [0.1, 0.15) is 16.3 Å². The molecule has 11 nitrogen and oxygen atoms in total. The molecule has 0 aliphatic rings. The van der Waals surface area contributed by atoms with Crippen LogP contribution in [-0.4, -0.2) is 39.4 Å². The molecule has 0 saturated heterocycles. The van der Waals surface area contributed by atoms with Gasteiger partial charge in [0.2, 0.25) is 5.91 Å². The number of nitro groups is 1. The number of carbonyl (C=O) groups excluding carboxylic acids is 1. The molecule has 0 aliphatic heterocycles. The van der Waals surface area contributed by atoms with E-state index in [9.17, 15) is 27.2 Å². The third-order valence-corrected chi connectivity index (χ3v) is 5.22. The molecule has 0 bridgehead atoms. The van der Waals surface area contributed by atoms with Crippen LogP contribution in [0.25, 0.3) is 0 Å². The van der Waals surface area contributed by atoms with E-state index in [0.29, 0.717) is 30.6 Å². The Balaban J connectivity index is 2.62. The summed E-state index contributed by atoms with van der Waals surface area (Å²) in [5.74, 6) is 0.0609. The van der Waals surface area contributed by atoms with Gasteiger partial charge in [0, 0.05) is 32.1 Å². The van der Waals surface area contributed by atoms with Crippen molar-refractivity contribution in [3.05, 3.63) is 40.4 Å². The molecule has 1 amide bonds. The molecule has 0 unspecified atom stereocenters. The Kier molecular flexibility index (Phi) is 7.81. The van der Waals surface area contributed by atoms with E-state index in [1.807, 2.05) is 18.7 Å². The number of amides is 1. The van der Waals surface area contributed by atoms with Crippen LogP contribution in [0.2, 0.25) is 0 Å². The highest BCUT2D eigenvalue weighted by Crippen LogP contribution is 2.40. The molecule has 0 saturated carbocycles. The van der Waals surface area contributed by atoms with Crippen LogP contribution >= 0.6 is 0 Å². The fourth-order valence-corrected chi connectivity index (χ4v) is 3.38. The van der Waals surface area contributed by atoms with E-state index in [1.165, 1.54) is 20.1 Å². The second-order valence-electron chi connectivity index (χ2n) is 6.44. The highest BCUT2D eigenvalue weighted by atomic mass is 32.3. The third kappa shape index (κ3) is 5.75. The lowest BCUT2D eigenvalue weighted by Gasteiger charge is -2.24. The number of carbonyl (C=O) groups is 1. The topological polar surface area (TPSA) is 144 Å². The number of ether oxygens (including phenoxy) is 1. The number of rotatable bonds is 9. The summed E-state index contributed by atoms with van der Waals surface area (Å²) in [5, 5.41) is 21.8. The predicted octanol–water partition coefficient (Wildman–Crippen LogP) is 4.48. The van der Waals surface area contributed by atoms with Gasteiger partial charge < -0.3 is 15.0 Å². The molecule has 0 aromatic heterocycles. The summed E-state index contributed by atoms with van der Waals surface area (Å²) >= 11 is 0. The van der Waals surface area contributed by atoms with E-state index in [4.69, 9.17) is 4.74 Å². The van der Waals surface area contributed by atoms with Crippen molar-refractivity contribution < 1.29 is 26.8 Å². The Morgan fingerprint density at radius 2 is 1.81 bits per heavy atom. The van der Waals surface area contributed by atoms with E-state index >= 15 is 0 Å². The van der Waals surface area contributed by atoms with Crippen LogP contribution in [0.15, 0.2) is 45.5 Å². The zero-order valence-electron chi connectivity index (χ0n) is 17.8. The summed E-state index contributed by atoms with van der Waals surface area (Å²) in [4.78, 5) is 23.2. The number of anilines is 2. The first kappa shape index (κ1) is 24.7. The fourth-order valence-electron chi connectivity index (χ4n) is 2.90. The molecular formula is C19H22FN5O6S. The van der Waals surface area contributed by atoms with Crippen molar-refractivity contribution in [3.8, 4) is 5.75 Å². The van der Waals surface area contributed by atoms with Gasteiger partial charge in [-0.1, -0.05) is 0 Å². The first-order chi connectivity index (χ1) is 15.0. The Bertz CT molecular complexity index is 1170. The first-order valence-electron chi connectivity index (χ1n) is 9.41. The number of halogens is 1. The van der Waals surface area contributed by atoms with Crippen LogP contribution in [-0.2, 0) is 15.0 Å². The molecule has 0 spiro atoms. The number of nitro benzene ring substituents is 1. The van der Waals surface area contributed by atoms with Gasteiger partial charge in [0.25, 0.3) is 5.69 Å². The molecule has 2 aromatic rings. The minimum absolute atomic E-state index is 0.143. The van der Waals surface area contributed by atoms with Gasteiger partial charge in [0.05, 0.1) is 23.4 Å². The third-order valence-electron chi connectivity index (χ3n) is 4.40. The summed E-state index contributed by atoms with van der Waals surface area (Å²) in [6, 6.07) is 5.52. The number of benzene rings is 2. The van der Waals surface area contributed by atoms with Crippen molar-refractivity contribution in [2.24, 2.45) is 10.2 Å². The summed E-state index contributed by atoms with van der Waals surface area (Å²) in [5.41, 5.74) is 0.0749. The van der Waals surface area contributed by atoms with Gasteiger partial charge in [-0.15, -0.1) is 14.1 Å². The Morgan fingerprint density at radius 1 is 1.19 bits per heavy atom. The second kappa shape index (κ2) is 10.1. The number of hydrogen-bond donors (Lipinski definition) is 1. The molecule has 0 aliphatic carbocycles. The molecule has 0 heterocycles. The van der Waals surface area contributed by atoms with Crippen LogP contribution in [0, 0.1) is 10.1 Å². The van der Waals surface area contributed by atoms with Crippen molar-refractivity contribution in [1.82, 2.24) is 0 Å². The van der Waals surface area contributed by atoms with E-state index in [1.54, 1.807) is 6.07 Å². The quantitative estimate of drug-likeness (QED) is 0.248. The zero-order chi connectivity index (χ0) is 24.1. The zero-order valence-corrected chi connectivity index (χ0v) is 18.6. The largest absolute Gasteiger partial charge is 0.494 e. The van der Waals surface area contributed by atoms with Crippen molar-refractivity contribution in [2.45, 2.75) is 25.7 Å². The minimum atomic E-state index is -5.14. The number of hydrogen-bond acceptors (Lipinski definition) is 9. The molecule has 13 heteroatoms. The highest BCUT2D eigenvalue weighted by Gasteiger charge is 2.21. The van der Waals surface area contributed by atoms with Gasteiger partial charge in [-0.2, -0.15) is 8.42 Å². The van der Waals surface area contributed by atoms with E-state index in [2.05, 4.69) is 15.5 Å². The predicted molar refractivity (Wildman–Crippen MR) is 116 cm³/mol. The maximum absolute atomic E-state index is 13.2. The molecule has 0 atom stereocenters. The Labute approximate surface area is 184 Å². The normalized spacial score (nSPS) is 11.4. The molecule has 0 radical (unpaired) electrons. The number of methoxy groups -OCH3 is 1. The second-order valence-corrected chi connectivity index (χ2v) is 7.79. The van der Waals surface area contributed by atoms with Gasteiger partial charge in [-0.05, 0) is 32.0 Å². The van der Waals surface area contributed by atoms with E-state index in [-0.39, 0.29) is 23.0 Å². The first-order valence-corrected chi connectivity index (χ1v) is 10.8. The molecule has 0 fully saturated rings. The molecule has 32 heavy (non-hydrogen) atoms. The van der Waals surface area contributed by atoms with E-state index in [0.717, 1.165) is 12.1 Å². The van der Waals surface area contributed by atoms with Crippen LogP contribution in [0.1, 0.15) is 20.8 Å². The monoisotopic (exact) mass is 467 g/mol. The van der Waals surface area contributed by atoms with Crippen molar-refractivity contribution >= 4 is 44.6 Å². The van der Waals surface area contributed by atoms with Gasteiger partial charge in [-0.25, -0.2) is 0 Å². The van der Waals surface area contributed by atoms with Gasteiger partial charge >= 0.3 is 10.2 Å². The lowest BCUT2D eigenvalue weighted by molar-refractivity contribution is -0.384. The number of azo groups is 1. The summed E-state index contributed by atoms with van der Waals surface area (Å²) in [6.07, 6.45) is 0. The van der Waals surface area contributed by atoms with E-state index < -0.39 is 25.7 Å². The SMILES string of the molecule is CCN(CC)c1cc(NC(C)=O)c(N=Nc2ccc(S(=O)(=O)F)cc2[N+](=O)[O-])cc1OC. The smallest absolute Gasteiger partial charge is 0.332 e. The summed E-state index contributed by atoms with van der Waals surface area (Å²) in [6.45, 7) is 6.56. The average molecular weight is 467 g/mol. The van der Waals surface area contributed by atoms with Gasteiger partial charge in [0.15, 0.2) is 5.69 Å². The molecular weight excluding hydrogens is 445 g/mol. The molecule has 1 N–H and O–H groups in total. The summed E-state index contributed by atoms with van der Waals surface area (Å²) < 4.78 is 40.7. The molecule has 172 valence electrons. The van der Waals surface area contributed by atoms with Crippen LogP contribution < -0.4 is 15.0 Å². The Hall–Kier alpha value is -3.61. The van der Waals surface area contributed by atoms with Gasteiger partial charge in [-0.3, -0.25) is 14.9 Å². The van der Waals surface area contributed by atoms with Crippen molar-refractivity contribution in [3.63, 3.8) is 0 Å².